The predicted molar refractivity (Wildman–Crippen MR) is 89.3 cm³/mol. The summed E-state index contributed by atoms with van der Waals surface area (Å²) < 4.78 is 0. The van der Waals surface area contributed by atoms with E-state index in [-0.39, 0.29) is 5.92 Å². The van der Waals surface area contributed by atoms with Crippen molar-refractivity contribution in [3.63, 3.8) is 0 Å². The summed E-state index contributed by atoms with van der Waals surface area (Å²) in [7, 11) is 0. The number of hydrogen-bond donors (Lipinski definition) is 0. The largest absolute Gasteiger partial charge is 0.367 e. The molecular formula is C19H28N2. The number of benzene rings is 1. The van der Waals surface area contributed by atoms with Crippen LogP contribution in [0.4, 0.5) is 5.69 Å². The summed E-state index contributed by atoms with van der Waals surface area (Å²) in [6, 6.07) is 11.7. The minimum atomic E-state index is 0.179. The van der Waals surface area contributed by atoms with Crippen LogP contribution in [0.15, 0.2) is 24.3 Å². The fourth-order valence-electron chi connectivity index (χ4n) is 3.81. The first-order chi connectivity index (χ1) is 10.2. The Morgan fingerprint density at radius 2 is 2.10 bits per heavy atom. The van der Waals surface area contributed by atoms with Gasteiger partial charge in [-0.1, -0.05) is 31.9 Å². The molecule has 2 rings (SSSR count). The molecule has 0 amide bonds. The monoisotopic (exact) mass is 284 g/mol. The molecule has 0 N–H and O–H groups in total. The van der Waals surface area contributed by atoms with E-state index < -0.39 is 0 Å². The molecule has 1 aromatic rings. The third kappa shape index (κ3) is 3.79. The van der Waals surface area contributed by atoms with Crippen LogP contribution in [-0.4, -0.2) is 12.6 Å². The van der Waals surface area contributed by atoms with Gasteiger partial charge in [-0.15, -0.1) is 0 Å². The minimum absolute atomic E-state index is 0.179. The van der Waals surface area contributed by atoms with Crippen LogP contribution in [0.5, 0.6) is 0 Å². The summed E-state index contributed by atoms with van der Waals surface area (Å²) in [5, 5.41) is 9.55. The van der Waals surface area contributed by atoms with Crippen LogP contribution in [0.2, 0.25) is 0 Å². The summed E-state index contributed by atoms with van der Waals surface area (Å²) in [5.41, 5.74) is 2.57. The summed E-state index contributed by atoms with van der Waals surface area (Å²) in [5.74, 6) is 0.974. The topological polar surface area (TPSA) is 27.0 Å². The highest BCUT2D eigenvalue weighted by atomic mass is 15.2. The average molecular weight is 284 g/mol. The fraction of sp³-hybridized carbons (Fsp3) is 0.632. The Bertz CT molecular complexity index is 489. The van der Waals surface area contributed by atoms with E-state index in [2.05, 4.69) is 56.0 Å². The lowest BCUT2D eigenvalue weighted by Gasteiger charge is -2.41. The zero-order valence-corrected chi connectivity index (χ0v) is 13.7. The molecule has 3 unspecified atom stereocenters. The van der Waals surface area contributed by atoms with E-state index in [4.69, 9.17) is 0 Å². The van der Waals surface area contributed by atoms with Gasteiger partial charge in [0.15, 0.2) is 0 Å². The van der Waals surface area contributed by atoms with Gasteiger partial charge in [0.1, 0.15) is 0 Å². The quantitative estimate of drug-likeness (QED) is 0.766. The molecule has 1 aromatic carbocycles. The molecule has 2 heteroatoms. The van der Waals surface area contributed by atoms with Crippen molar-refractivity contribution in [1.29, 1.82) is 5.26 Å². The van der Waals surface area contributed by atoms with Gasteiger partial charge in [-0.3, -0.25) is 0 Å². The number of aryl methyl sites for hydroxylation is 1. The molecule has 0 radical (unpaired) electrons. The van der Waals surface area contributed by atoms with Crippen molar-refractivity contribution in [2.45, 2.75) is 58.9 Å². The van der Waals surface area contributed by atoms with Crippen molar-refractivity contribution in [2.24, 2.45) is 11.8 Å². The van der Waals surface area contributed by atoms with Crippen molar-refractivity contribution < 1.29 is 0 Å². The SMILES string of the molecule is CCCC1CCC(C#N)C(N(CC)c2cccc(C)c2)C1. The molecule has 0 spiro atoms. The van der Waals surface area contributed by atoms with Crippen LogP contribution in [0.3, 0.4) is 0 Å². The highest BCUT2D eigenvalue weighted by Gasteiger charge is 2.33. The average Bonchev–Trinajstić information content (AvgIpc) is 2.49. The second kappa shape index (κ2) is 7.50. The van der Waals surface area contributed by atoms with Crippen LogP contribution in [0, 0.1) is 30.1 Å². The van der Waals surface area contributed by atoms with E-state index >= 15 is 0 Å². The van der Waals surface area contributed by atoms with E-state index in [1.54, 1.807) is 0 Å². The number of anilines is 1. The van der Waals surface area contributed by atoms with E-state index in [9.17, 15) is 5.26 Å². The molecule has 114 valence electrons. The first-order valence-electron chi connectivity index (χ1n) is 8.42. The number of nitrogens with zero attached hydrogens (tertiary/aromatic N) is 2. The van der Waals surface area contributed by atoms with Gasteiger partial charge >= 0.3 is 0 Å². The van der Waals surface area contributed by atoms with Gasteiger partial charge in [0.05, 0.1) is 12.0 Å². The van der Waals surface area contributed by atoms with Gasteiger partial charge in [0.2, 0.25) is 0 Å². The first kappa shape index (κ1) is 15.9. The van der Waals surface area contributed by atoms with E-state index in [0.29, 0.717) is 6.04 Å². The van der Waals surface area contributed by atoms with Crippen molar-refractivity contribution in [2.75, 3.05) is 11.4 Å². The molecular weight excluding hydrogens is 256 g/mol. The molecule has 0 heterocycles. The Labute approximate surface area is 129 Å². The zero-order chi connectivity index (χ0) is 15.2. The Morgan fingerprint density at radius 3 is 2.71 bits per heavy atom. The van der Waals surface area contributed by atoms with Crippen LogP contribution in [0.1, 0.15) is 51.5 Å². The minimum Gasteiger partial charge on any atom is -0.367 e. The second-order valence-electron chi connectivity index (χ2n) is 6.40. The summed E-state index contributed by atoms with van der Waals surface area (Å²) in [4.78, 5) is 2.46. The highest BCUT2D eigenvalue weighted by Crippen LogP contribution is 2.36. The first-order valence-corrected chi connectivity index (χ1v) is 8.42. The van der Waals surface area contributed by atoms with Crippen LogP contribution < -0.4 is 4.90 Å². The van der Waals surface area contributed by atoms with Crippen molar-refractivity contribution in [3.8, 4) is 6.07 Å². The van der Waals surface area contributed by atoms with Crippen LogP contribution in [0.25, 0.3) is 0 Å². The lowest BCUT2D eigenvalue weighted by molar-refractivity contribution is 0.254. The summed E-state index contributed by atoms with van der Waals surface area (Å²) in [6.45, 7) is 7.59. The van der Waals surface area contributed by atoms with E-state index in [0.717, 1.165) is 18.9 Å². The van der Waals surface area contributed by atoms with Crippen LogP contribution >= 0.6 is 0 Å². The number of rotatable bonds is 5. The number of hydrogen-bond acceptors (Lipinski definition) is 2. The van der Waals surface area contributed by atoms with E-state index in [1.165, 1.54) is 36.9 Å². The van der Waals surface area contributed by atoms with Gasteiger partial charge in [0.25, 0.3) is 0 Å². The Balaban J connectivity index is 2.22. The Kier molecular flexibility index (Phi) is 5.67. The second-order valence-corrected chi connectivity index (χ2v) is 6.40. The van der Waals surface area contributed by atoms with Crippen molar-refractivity contribution in [3.05, 3.63) is 29.8 Å². The maximum Gasteiger partial charge on any atom is 0.0677 e. The van der Waals surface area contributed by atoms with E-state index in [1.807, 2.05) is 0 Å². The van der Waals surface area contributed by atoms with Crippen molar-refractivity contribution in [1.82, 2.24) is 0 Å². The highest BCUT2D eigenvalue weighted by molar-refractivity contribution is 5.49. The Hall–Kier alpha value is -1.49. The van der Waals surface area contributed by atoms with Gasteiger partial charge in [-0.25, -0.2) is 0 Å². The summed E-state index contributed by atoms with van der Waals surface area (Å²) in [6.07, 6.45) is 6.03. The third-order valence-corrected chi connectivity index (χ3v) is 4.86. The lowest BCUT2D eigenvalue weighted by Crippen LogP contribution is -2.44. The van der Waals surface area contributed by atoms with Gasteiger partial charge in [-0.2, -0.15) is 5.26 Å². The molecule has 21 heavy (non-hydrogen) atoms. The fourth-order valence-corrected chi connectivity index (χ4v) is 3.81. The zero-order valence-electron chi connectivity index (χ0n) is 13.7. The summed E-state index contributed by atoms with van der Waals surface area (Å²) >= 11 is 0. The molecule has 0 bridgehead atoms. The lowest BCUT2D eigenvalue weighted by atomic mass is 9.76. The maximum absolute atomic E-state index is 9.55. The smallest absolute Gasteiger partial charge is 0.0677 e. The maximum atomic E-state index is 9.55. The van der Waals surface area contributed by atoms with Crippen LogP contribution in [-0.2, 0) is 0 Å². The van der Waals surface area contributed by atoms with Crippen molar-refractivity contribution >= 4 is 5.69 Å². The normalized spacial score (nSPS) is 25.3. The number of nitriles is 1. The van der Waals surface area contributed by atoms with Gasteiger partial charge in [-0.05, 0) is 56.7 Å². The molecule has 1 aliphatic rings. The molecule has 0 saturated heterocycles. The van der Waals surface area contributed by atoms with Gasteiger partial charge < -0.3 is 4.90 Å². The standard InChI is InChI=1S/C19H28N2/c1-4-7-16-10-11-17(14-20)19(13-16)21(5-2)18-9-6-8-15(3)12-18/h6,8-9,12,16-17,19H,4-5,7,10-11,13H2,1-3H3. The molecule has 2 nitrogen and oxygen atoms in total. The third-order valence-electron chi connectivity index (χ3n) is 4.86. The molecule has 0 aromatic heterocycles. The molecule has 3 atom stereocenters. The molecule has 0 aliphatic heterocycles. The molecule has 1 saturated carbocycles. The molecule has 1 fully saturated rings. The molecule has 1 aliphatic carbocycles. The van der Waals surface area contributed by atoms with Gasteiger partial charge in [0, 0.05) is 18.3 Å². The Morgan fingerprint density at radius 1 is 1.29 bits per heavy atom. The predicted octanol–water partition coefficient (Wildman–Crippen LogP) is 4.93.